The number of rotatable bonds is 4. The fourth-order valence-electron chi connectivity index (χ4n) is 1.69. The fourth-order valence-corrected chi connectivity index (χ4v) is 2.06. The summed E-state index contributed by atoms with van der Waals surface area (Å²) in [7, 11) is 1.68. The maximum Gasteiger partial charge on any atom is 0.268 e. The topological polar surface area (TPSA) is 54.3 Å². The molecule has 1 fully saturated rings. The van der Waals surface area contributed by atoms with Crippen molar-refractivity contribution in [3.05, 3.63) is 21.9 Å². The van der Waals surface area contributed by atoms with Gasteiger partial charge in [-0.05, 0) is 18.9 Å². The minimum absolute atomic E-state index is 0.103. The number of halogens is 2. The zero-order valence-electron chi connectivity index (χ0n) is 9.46. The maximum absolute atomic E-state index is 11.9. The standard InChI is InChI=1S/C11H14Cl2N2O2/c1-15-8(4-7(12)9(15)13)10(17)14-5-11(6-16)2-3-11/h4,16H,2-3,5-6H2,1H3,(H,14,17). The van der Waals surface area contributed by atoms with Gasteiger partial charge >= 0.3 is 0 Å². The Bertz CT molecular complexity index is 453. The Hall–Kier alpha value is -0.710. The van der Waals surface area contributed by atoms with Crippen LogP contribution in [0.5, 0.6) is 0 Å². The highest BCUT2D eigenvalue weighted by atomic mass is 35.5. The highest BCUT2D eigenvalue weighted by Gasteiger charge is 2.42. The first-order valence-electron chi connectivity index (χ1n) is 5.39. The van der Waals surface area contributed by atoms with Gasteiger partial charge in [-0.25, -0.2) is 0 Å². The van der Waals surface area contributed by atoms with Crippen molar-refractivity contribution in [3.8, 4) is 0 Å². The predicted molar refractivity (Wildman–Crippen MR) is 66.5 cm³/mol. The number of aromatic nitrogens is 1. The van der Waals surface area contributed by atoms with Crippen molar-refractivity contribution in [1.82, 2.24) is 9.88 Å². The van der Waals surface area contributed by atoms with Gasteiger partial charge in [0.15, 0.2) is 0 Å². The molecule has 1 saturated carbocycles. The van der Waals surface area contributed by atoms with E-state index < -0.39 is 0 Å². The predicted octanol–water partition coefficient (Wildman–Crippen LogP) is 1.83. The zero-order chi connectivity index (χ0) is 12.6. The van der Waals surface area contributed by atoms with Crippen molar-refractivity contribution in [1.29, 1.82) is 0 Å². The van der Waals surface area contributed by atoms with Gasteiger partial charge in [0, 0.05) is 19.0 Å². The first-order chi connectivity index (χ1) is 7.99. The number of nitrogens with zero attached hydrogens (tertiary/aromatic N) is 1. The van der Waals surface area contributed by atoms with Gasteiger partial charge in [-0.1, -0.05) is 23.2 Å². The van der Waals surface area contributed by atoms with Gasteiger partial charge in [-0.2, -0.15) is 0 Å². The van der Waals surface area contributed by atoms with Gasteiger partial charge in [-0.15, -0.1) is 0 Å². The molecule has 0 radical (unpaired) electrons. The lowest BCUT2D eigenvalue weighted by Gasteiger charge is -2.12. The third-order valence-electron chi connectivity index (χ3n) is 3.27. The molecule has 4 nitrogen and oxygen atoms in total. The minimum Gasteiger partial charge on any atom is -0.396 e. The average molecular weight is 277 g/mol. The van der Waals surface area contributed by atoms with Crippen LogP contribution >= 0.6 is 23.2 Å². The number of carbonyl (C=O) groups is 1. The molecule has 0 bridgehead atoms. The van der Waals surface area contributed by atoms with Crippen LogP contribution in [0, 0.1) is 5.41 Å². The third kappa shape index (κ3) is 2.44. The van der Waals surface area contributed by atoms with Crippen LogP contribution in [0.4, 0.5) is 0 Å². The Kier molecular flexibility index (Phi) is 3.39. The second-order valence-electron chi connectivity index (χ2n) is 4.57. The Balaban J connectivity index is 2.02. The Morgan fingerprint density at radius 2 is 2.24 bits per heavy atom. The van der Waals surface area contributed by atoms with Crippen LogP contribution in [0.1, 0.15) is 23.3 Å². The second-order valence-corrected chi connectivity index (χ2v) is 5.33. The Labute approximate surface area is 110 Å². The normalized spacial score (nSPS) is 16.9. The molecule has 1 heterocycles. The van der Waals surface area contributed by atoms with Gasteiger partial charge in [0.1, 0.15) is 10.8 Å². The maximum atomic E-state index is 11.9. The monoisotopic (exact) mass is 276 g/mol. The smallest absolute Gasteiger partial charge is 0.268 e. The highest BCUT2D eigenvalue weighted by Crippen LogP contribution is 2.44. The van der Waals surface area contributed by atoms with Gasteiger partial charge < -0.3 is 15.0 Å². The van der Waals surface area contributed by atoms with Gasteiger partial charge in [-0.3, -0.25) is 4.79 Å². The first kappa shape index (κ1) is 12.7. The van der Waals surface area contributed by atoms with E-state index in [9.17, 15) is 4.79 Å². The third-order valence-corrected chi connectivity index (χ3v) is 4.11. The number of hydrogen-bond acceptors (Lipinski definition) is 2. The lowest BCUT2D eigenvalue weighted by molar-refractivity contribution is 0.0927. The molecule has 0 aliphatic heterocycles. The number of nitrogens with one attached hydrogen (secondary N) is 1. The molecule has 0 unspecified atom stereocenters. The quantitative estimate of drug-likeness (QED) is 0.882. The SMILES string of the molecule is Cn1c(C(=O)NCC2(CO)CC2)cc(Cl)c1Cl. The largest absolute Gasteiger partial charge is 0.396 e. The zero-order valence-corrected chi connectivity index (χ0v) is 11.0. The van der Waals surface area contributed by atoms with Crippen LogP contribution in [0.2, 0.25) is 10.2 Å². The molecule has 0 atom stereocenters. The van der Waals surface area contributed by atoms with E-state index in [0.29, 0.717) is 22.4 Å². The van der Waals surface area contributed by atoms with Crippen molar-refractivity contribution in [2.75, 3.05) is 13.2 Å². The van der Waals surface area contributed by atoms with E-state index in [1.165, 1.54) is 10.6 Å². The molecule has 6 heteroatoms. The van der Waals surface area contributed by atoms with E-state index in [1.54, 1.807) is 7.05 Å². The van der Waals surface area contributed by atoms with Crippen molar-refractivity contribution < 1.29 is 9.90 Å². The van der Waals surface area contributed by atoms with Crippen LogP contribution in [0.15, 0.2) is 6.07 Å². The van der Waals surface area contributed by atoms with Crippen LogP contribution < -0.4 is 5.32 Å². The van der Waals surface area contributed by atoms with E-state index in [2.05, 4.69) is 5.32 Å². The van der Waals surface area contributed by atoms with Crippen LogP contribution in [-0.4, -0.2) is 28.7 Å². The van der Waals surface area contributed by atoms with Gasteiger partial charge in [0.05, 0.1) is 11.6 Å². The van der Waals surface area contributed by atoms with E-state index in [-0.39, 0.29) is 17.9 Å². The van der Waals surface area contributed by atoms with Crippen LogP contribution in [0.25, 0.3) is 0 Å². The number of aliphatic hydroxyl groups is 1. The molecule has 0 aromatic carbocycles. The van der Waals surface area contributed by atoms with E-state index >= 15 is 0 Å². The summed E-state index contributed by atoms with van der Waals surface area (Å²) in [5.41, 5.74) is 0.322. The lowest BCUT2D eigenvalue weighted by atomic mass is 10.1. The molecule has 2 rings (SSSR count). The summed E-state index contributed by atoms with van der Waals surface area (Å²) in [5.74, 6) is -0.221. The summed E-state index contributed by atoms with van der Waals surface area (Å²) < 4.78 is 1.54. The van der Waals surface area contributed by atoms with Crippen molar-refractivity contribution in [2.45, 2.75) is 12.8 Å². The van der Waals surface area contributed by atoms with E-state index in [1.807, 2.05) is 0 Å². The molecule has 2 N–H and O–H groups in total. The molecule has 17 heavy (non-hydrogen) atoms. The molecule has 94 valence electrons. The van der Waals surface area contributed by atoms with Gasteiger partial charge in [0.2, 0.25) is 0 Å². The molecular formula is C11H14Cl2N2O2. The van der Waals surface area contributed by atoms with E-state index in [4.69, 9.17) is 28.3 Å². The summed E-state index contributed by atoms with van der Waals surface area (Å²) >= 11 is 11.7. The summed E-state index contributed by atoms with van der Waals surface area (Å²) in [6, 6.07) is 1.54. The van der Waals surface area contributed by atoms with Crippen molar-refractivity contribution in [2.24, 2.45) is 12.5 Å². The lowest BCUT2D eigenvalue weighted by Crippen LogP contribution is -2.32. The number of hydrogen-bond donors (Lipinski definition) is 2. The molecular weight excluding hydrogens is 263 g/mol. The number of amides is 1. The number of carbonyl (C=O) groups excluding carboxylic acids is 1. The van der Waals surface area contributed by atoms with Crippen LogP contribution in [-0.2, 0) is 7.05 Å². The highest BCUT2D eigenvalue weighted by molar-refractivity contribution is 6.41. The summed E-state index contributed by atoms with van der Waals surface area (Å²) in [4.78, 5) is 11.9. The molecule has 0 spiro atoms. The van der Waals surface area contributed by atoms with Crippen molar-refractivity contribution in [3.63, 3.8) is 0 Å². The molecule has 1 aromatic heterocycles. The molecule has 0 saturated heterocycles. The average Bonchev–Trinajstić information content (AvgIpc) is 3.06. The molecule has 1 aliphatic carbocycles. The van der Waals surface area contributed by atoms with Crippen LogP contribution in [0.3, 0.4) is 0 Å². The van der Waals surface area contributed by atoms with Crippen molar-refractivity contribution >= 4 is 29.1 Å². The van der Waals surface area contributed by atoms with E-state index in [0.717, 1.165) is 12.8 Å². The minimum atomic E-state index is -0.221. The Morgan fingerprint density at radius 1 is 1.59 bits per heavy atom. The Morgan fingerprint density at radius 3 is 2.65 bits per heavy atom. The fraction of sp³-hybridized carbons (Fsp3) is 0.545. The summed E-state index contributed by atoms with van der Waals surface area (Å²) in [6.07, 6.45) is 1.91. The van der Waals surface area contributed by atoms with Gasteiger partial charge in [0.25, 0.3) is 5.91 Å². The first-order valence-corrected chi connectivity index (χ1v) is 6.14. The summed E-state index contributed by atoms with van der Waals surface area (Å²) in [6.45, 7) is 0.602. The number of aliphatic hydroxyl groups excluding tert-OH is 1. The molecule has 1 amide bonds. The molecule has 1 aliphatic rings. The second kappa shape index (κ2) is 4.52. The molecule has 1 aromatic rings. The summed E-state index contributed by atoms with van der Waals surface area (Å²) in [5, 5.41) is 12.7.